The number of ether oxygens (including phenoxy) is 3. The van der Waals surface area contributed by atoms with Gasteiger partial charge in [-0.25, -0.2) is 0 Å². The number of carbonyl (C=O) groups is 3. The summed E-state index contributed by atoms with van der Waals surface area (Å²) in [6, 6.07) is 0. The molecule has 0 aromatic heterocycles. The van der Waals surface area contributed by atoms with Gasteiger partial charge < -0.3 is 14.2 Å². The molecule has 0 aliphatic heterocycles. The van der Waals surface area contributed by atoms with Crippen molar-refractivity contribution in [2.45, 2.75) is 329 Å². The number of esters is 3. The summed E-state index contributed by atoms with van der Waals surface area (Å²) in [5.41, 5.74) is 0. The van der Waals surface area contributed by atoms with Gasteiger partial charge in [-0.2, -0.15) is 0 Å². The molecule has 0 bridgehead atoms. The third-order valence-corrected chi connectivity index (χ3v) is 13.9. The molecule has 0 rings (SSSR count). The molecule has 0 saturated carbocycles. The van der Waals surface area contributed by atoms with Gasteiger partial charge in [0.1, 0.15) is 13.2 Å². The van der Waals surface area contributed by atoms with Crippen LogP contribution >= 0.6 is 0 Å². The summed E-state index contributed by atoms with van der Waals surface area (Å²) in [4.78, 5) is 38.2. The van der Waals surface area contributed by atoms with E-state index in [2.05, 4.69) is 93.7 Å². The minimum atomic E-state index is -0.776. The van der Waals surface area contributed by atoms with Crippen molar-refractivity contribution >= 4 is 17.9 Å². The Balaban J connectivity index is 4.13. The Morgan fingerprint density at radius 2 is 0.527 bits per heavy atom. The third-order valence-electron chi connectivity index (χ3n) is 13.9. The van der Waals surface area contributed by atoms with Crippen molar-refractivity contribution in [1.29, 1.82) is 0 Å². The second kappa shape index (κ2) is 62.4. The number of hydrogen-bond acceptors (Lipinski definition) is 6. The highest BCUT2D eigenvalue weighted by atomic mass is 16.6. The molecule has 0 radical (unpaired) electrons. The monoisotopic (exact) mass is 1030 g/mol. The van der Waals surface area contributed by atoms with Crippen LogP contribution in [0.1, 0.15) is 323 Å². The average Bonchev–Trinajstić information content (AvgIpc) is 3.40. The van der Waals surface area contributed by atoms with Crippen molar-refractivity contribution < 1.29 is 28.6 Å². The molecule has 0 fully saturated rings. The minimum Gasteiger partial charge on any atom is -0.462 e. The fourth-order valence-corrected chi connectivity index (χ4v) is 9.17. The molecule has 0 aliphatic carbocycles. The van der Waals surface area contributed by atoms with Crippen LogP contribution in [0.2, 0.25) is 0 Å². The molecule has 0 aliphatic rings. The van der Waals surface area contributed by atoms with Gasteiger partial charge in [0.25, 0.3) is 0 Å². The molecule has 1 unspecified atom stereocenters. The van der Waals surface area contributed by atoms with Crippen LogP contribution in [0.25, 0.3) is 0 Å². The van der Waals surface area contributed by atoms with E-state index in [0.29, 0.717) is 19.3 Å². The number of allylic oxidation sites excluding steroid dienone is 12. The Labute approximate surface area is 459 Å². The van der Waals surface area contributed by atoms with Crippen molar-refractivity contribution in [3.05, 3.63) is 72.9 Å². The van der Waals surface area contributed by atoms with Gasteiger partial charge in [-0.1, -0.05) is 286 Å². The number of carbonyl (C=O) groups excluding carboxylic acids is 3. The highest BCUT2D eigenvalue weighted by molar-refractivity contribution is 5.71. The second-order valence-corrected chi connectivity index (χ2v) is 21.3. The maximum atomic E-state index is 12.8. The van der Waals surface area contributed by atoms with Crippen LogP contribution in [0.15, 0.2) is 72.9 Å². The maximum Gasteiger partial charge on any atom is 0.306 e. The van der Waals surface area contributed by atoms with Crippen molar-refractivity contribution in [2.75, 3.05) is 13.2 Å². The van der Waals surface area contributed by atoms with Crippen LogP contribution in [-0.2, 0) is 28.6 Å². The molecule has 74 heavy (non-hydrogen) atoms. The summed E-state index contributed by atoms with van der Waals surface area (Å²) in [5.74, 6) is -0.869. The first-order valence-electron chi connectivity index (χ1n) is 31.9. The van der Waals surface area contributed by atoms with Gasteiger partial charge in [0.05, 0.1) is 0 Å². The van der Waals surface area contributed by atoms with Crippen LogP contribution < -0.4 is 0 Å². The van der Waals surface area contributed by atoms with Crippen LogP contribution in [0, 0.1) is 0 Å². The quantitative estimate of drug-likeness (QED) is 0.0261. The van der Waals surface area contributed by atoms with Gasteiger partial charge in [-0.3, -0.25) is 14.4 Å². The summed E-state index contributed by atoms with van der Waals surface area (Å²) >= 11 is 0. The van der Waals surface area contributed by atoms with Crippen molar-refractivity contribution in [2.24, 2.45) is 0 Å². The zero-order valence-electron chi connectivity index (χ0n) is 49.1. The molecular formula is C68H120O6. The van der Waals surface area contributed by atoms with Gasteiger partial charge >= 0.3 is 17.9 Å². The van der Waals surface area contributed by atoms with Gasteiger partial charge in [0.2, 0.25) is 0 Å². The molecule has 6 heteroatoms. The Morgan fingerprint density at radius 3 is 0.851 bits per heavy atom. The predicted octanol–water partition coefficient (Wildman–Crippen LogP) is 21.7. The first-order valence-corrected chi connectivity index (χ1v) is 31.9. The number of hydrogen-bond donors (Lipinski definition) is 0. The molecule has 6 nitrogen and oxygen atoms in total. The summed E-state index contributed by atoms with van der Waals surface area (Å²) < 4.78 is 16.9. The number of unbranched alkanes of at least 4 members (excludes halogenated alkanes) is 35. The van der Waals surface area contributed by atoms with Crippen molar-refractivity contribution in [3.8, 4) is 0 Å². The van der Waals surface area contributed by atoms with Crippen LogP contribution in [0.3, 0.4) is 0 Å². The van der Waals surface area contributed by atoms with Gasteiger partial charge in [0.15, 0.2) is 6.10 Å². The zero-order valence-corrected chi connectivity index (χ0v) is 49.1. The van der Waals surface area contributed by atoms with Gasteiger partial charge in [-0.05, 0) is 89.9 Å². The summed E-state index contributed by atoms with van der Waals surface area (Å²) in [7, 11) is 0. The van der Waals surface area contributed by atoms with Crippen molar-refractivity contribution in [3.63, 3.8) is 0 Å². The molecule has 0 aromatic rings. The smallest absolute Gasteiger partial charge is 0.306 e. The molecule has 0 saturated heterocycles. The average molecular weight is 1030 g/mol. The van der Waals surface area contributed by atoms with E-state index in [1.165, 1.54) is 186 Å². The van der Waals surface area contributed by atoms with E-state index in [1.807, 2.05) is 0 Å². The molecule has 0 heterocycles. The fraction of sp³-hybridized carbons (Fsp3) is 0.779. The van der Waals surface area contributed by atoms with E-state index in [4.69, 9.17) is 14.2 Å². The van der Waals surface area contributed by atoms with E-state index >= 15 is 0 Å². The molecule has 0 N–H and O–H groups in total. The first-order chi connectivity index (χ1) is 36.5. The number of rotatable bonds is 58. The SMILES string of the molecule is CC/C=C\C/C=C\C/C=C\C/C=C\C/C=C\CCCCCCCCCCCCCCCCCC(=O)OCC(COC(=O)CCCCCCCCCCCCCC)OC(=O)CCCCCCC/C=C\CCCCCC. The Bertz CT molecular complexity index is 1370. The molecule has 0 spiro atoms. The van der Waals surface area contributed by atoms with Crippen LogP contribution in [0.4, 0.5) is 0 Å². The van der Waals surface area contributed by atoms with E-state index < -0.39 is 6.10 Å². The van der Waals surface area contributed by atoms with Gasteiger partial charge in [-0.15, -0.1) is 0 Å². The van der Waals surface area contributed by atoms with Gasteiger partial charge in [0, 0.05) is 19.3 Å². The minimum absolute atomic E-state index is 0.0737. The molecule has 428 valence electrons. The lowest BCUT2D eigenvalue weighted by atomic mass is 10.0. The van der Waals surface area contributed by atoms with E-state index in [1.54, 1.807) is 0 Å². The molecule has 0 aromatic carbocycles. The van der Waals surface area contributed by atoms with Crippen LogP contribution in [0.5, 0.6) is 0 Å². The molecule has 0 amide bonds. The Kier molecular flexibility index (Phi) is 59.7. The normalized spacial score (nSPS) is 12.5. The topological polar surface area (TPSA) is 78.9 Å². The molecule has 1 atom stereocenters. The Morgan fingerprint density at radius 1 is 0.284 bits per heavy atom. The summed E-state index contributed by atoms with van der Waals surface area (Å²) in [6.07, 6.45) is 80.6. The zero-order chi connectivity index (χ0) is 53.6. The summed E-state index contributed by atoms with van der Waals surface area (Å²) in [5, 5.41) is 0. The highest BCUT2D eigenvalue weighted by Gasteiger charge is 2.19. The lowest BCUT2D eigenvalue weighted by molar-refractivity contribution is -0.167. The second-order valence-electron chi connectivity index (χ2n) is 21.3. The highest BCUT2D eigenvalue weighted by Crippen LogP contribution is 2.17. The lowest BCUT2D eigenvalue weighted by Gasteiger charge is -2.18. The Hall–Kier alpha value is -3.15. The summed E-state index contributed by atoms with van der Waals surface area (Å²) in [6.45, 7) is 6.53. The lowest BCUT2D eigenvalue weighted by Crippen LogP contribution is -2.30. The van der Waals surface area contributed by atoms with E-state index in [0.717, 1.165) is 96.3 Å². The standard InChI is InChI=1S/C68H120O6/c1-4-7-10-13-16-19-22-25-26-27-28-29-30-31-32-33-34-35-36-37-38-39-40-41-42-44-46-49-52-55-58-61-67(70)73-64-65(63-72-66(69)60-57-54-51-48-45-24-21-18-15-12-9-6-3)74-68(71)62-59-56-53-50-47-43-23-20-17-14-11-8-5-2/h7,10,16,19-20,23,25-26,28-29,31-32,65H,4-6,8-9,11-15,17-18,21-22,24,27,30,33-64H2,1-3H3/b10-7-,19-16-,23-20-,26-25-,29-28-,32-31-. The fourth-order valence-electron chi connectivity index (χ4n) is 9.17. The first kappa shape index (κ1) is 70.8. The van der Waals surface area contributed by atoms with Crippen LogP contribution in [-0.4, -0.2) is 37.2 Å². The third kappa shape index (κ3) is 59.7. The van der Waals surface area contributed by atoms with E-state index in [-0.39, 0.29) is 31.1 Å². The predicted molar refractivity (Wildman–Crippen MR) is 321 cm³/mol. The van der Waals surface area contributed by atoms with E-state index in [9.17, 15) is 14.4 Å². The maximum absolute atomic E-state index is 12.8. The largest absolute Gasteiger partial charge is 0.462 e. The molecular weight excluding hydrogens is 913 g/mol. The van der Waals surface area contributed by atoms with Crippen molar-refractivity contribution in [1.82, 2.24) is 0 Å².